The molecule has 6 nitrogen and oxygen atoms in total. The third-order valence-corrected chi connectivity index (χ3v) is 4.85. The van der Waals surface area contributed by atoms with E-state index in [1.807, 2.05) is 4.90 Å². The lowest BCUT2D eigenvalue weighted by molar-refractivity contribution is -0.140. The zero-order chi connectivity index (χ0) is 17.3. The summed E-state index contributed by atoms with van der Waals surface area (Å²) in [6.45, 7) is 1.33. The fourth-order valence-electron chi connectivity index (χ4n) is 3.39. The maximum Gasteiger partial charge on any atom is 0.247 e. The Morgan fingerprint density at radius 1 is 1.17 bits per heavy atom. The smallest absolute Gasteiger partial charge is 0.247 e. The van der Waals surface area contributed by atoms with E-state index in [-0.39, 0.29) is 42.4 Å². The number of carbonyl (C=O) groups excluding carboxylic acids is 3. The molecule has 2 saturated heterocycles. The Hall–Kier alpha value is -2.28. The quantitative estimate of drug-likeness (QED) is 0.820. The van der Waals surface area contributed by atoms with Crippen LogP contribution in [0.15, 0.2) is 24.3 Å². The van der Waals surface area contributed by atoms with Crippen molar-refractivity contribution >= 4 is 17.7 Å². The Kier molecular flexibility index (Phi) is 4.62. The molecule has 2 heterocycles. The number of piperidine rings is 1. The van der Waals surface area contributed by atoms with Crippen LogP contribution in [0.1, 0.15) is 24.8 Å². The number of carbonyl (C=O) groups is 3. The van der Waals surface area contributed by atoms with Crippen LogP contribution in [0.25, 0.3) is 0 Å². The van der Waals surface area contributed by atoms with Gasteiger partial charge in [0.05, 0.1) is 19.0 Å². The van der Waals surface area contributed by atoms with Gasteiger partial charge in [0.1, 0.15) is 5.82 Å². The van der Waals surface area contributed by atoms with Gasteiger partial charge in [0.2, 0.25) is 17.7 Å². The fourth-order valence-corrected chi connectivity index (χ4v) is 3.39. The minimum absolute atomic E-state index is 0.149. The first-order chi connectivity index (χ1) is 11.5. The van der Waals surface area contributed by atoms with Crippen LogP contribution < -0.4 is 5.73 Å². The molecule has 0 spiro atoms. The number of primary amides is 1. The average molecular weight is 333 g/mol. The molecule has 0 aromatic heterocycles. The molecule has 128 valence electrons. The van der Waals surface area contributed by atoms with Gasteiger partial charge in [-0.05, 0) is 43.6 Å². The molecule has 1 aromatic rings. The average Bonchev–Trinajstić information content (AvgIpc) is 2.85. The molecule has 7 heteroatoms. The molecule has 1 atom stereocenters. The van der Waals surface area contributed by atoms with E-state index < -0.39 is 6.04 Å². The molecule has 0 radical (unpaired) electrons. The van der Waals surface area contributed by atoms with E-state index in [1.165, 1.54) is 17.0 Å². The Morgan fingerprint density at radius 2 is 1.79 bits per heavy atom. The third kappa shape index (κ3) is 3.31. The SMILES string of the molecule is NC(=O)C1CCN([C@H]2CC(=O)N(Cc3ccc(F)cc3)C2=O)CC1. The highest BCUT2D eigenvalue weighted by Gasteiger charge is 2.42. The second-order valence-electron chi connectivity index (χ2n) is 6.38. The van der Waals surface area contributed by atoms with Crippen LogP contribution in [-0.2, 0) is 20.9 Å². The van der Waals surface area contributed by atoms with Gasteiger partial charge in [0, 0.05) is 5.92 Å². The van der Waals surface area contributed by atoms with E-state index in [1.54, 1.807) is 12.1 Å². The van der Waals surface area contributed by atoms with Crippen molar-refractivity contribution < 1.29 is 18.8 Å². The van der Waals surface area contributed by atoms with Crippen LogP contribution in [0.4, 0.5) is 4.39 Å². The Bertz CT molecular complexity index is 654. The van der Waals surface area contributed by atoms with Crippen LogP contribution in [0.2, 0.25) is 0 Å². The summed E-state index contributed by atoms with van der Waals surface area (Å²) in [6, 6.07) is 5.30. The van der Waals surface area contributed by atoms with Crippen LogP contribution >= 0.6 is 0 Å². The summed E-state index contributed by atoms with van der Waals surface area (Å²) in [6.07, 6.45) is 1.39. The molecule has 2 N–H and O–H groups in total. The molecule has 0 bridgehead atoms. The summed E-state index contributed by atoms with van der Waals surface area (Å²) in [5.41, 5.74) is 6.03. The number of rotatable bonds is 4. The number of benzene rings is 1. The lowest BCUT2D eigenvalue weighted by atomic mass is 9.95. The van der Waals surface area contributed by atoms with E-state index in [2.05, 4.69) is 0 Å². The van der Waals surface area contributed by atoms with Crippen molar-refractivity contribution in [3.63, 3.8) is 0 Å². The number of nitrogens with two attached hydrogens (primary N) is 1. The molecule has 0 unspecified atom stereocenters. The first kappa shape index (κ1) is 16.6. The van der Waals surface area contributed by atoms with Crippen LogP contribution in [0.3, 0.4) is 0 Å². The van der Waals surface area contributed by atoms with E-state index in [0.717, 1.165) is 0 Å². The van der Waals surface area contributed by atoms with Gasteiger partial charge in [-0.1, -0.05) is 12.1 Å². The molecule has 0 saturated carbocycles. The summed E-state index contributed by atoms with van der Waals surface area (Å²) < 4.78 is 13.0. The predicted molar refractivity (Wildman–Crippen MR) is 83.9 cm³/mol. The lowest BCUT2D eigenvalue weighted by Crippen LogP contribution is -2.47. The highest BCUT2D eigenvalue weighted by atomic mass is 19.1. The highest BCUT2D eigenvalue weighted by Crippen LogP contribution is 2.26. The largest absolute Gasteiger partial charge is 0.369 e. The maximum atomic E-state index is 13.0. The number of amides is 3. The monoisotopic (exact) mass is 333 g/mol. The number of halogens is 1. The highest BCUT2D eigenvalue weighted by molar-refractivity contribution is 6.05. The number of hydrogen-bond acceptors (Lipinski definition) is 4. The molecule has 24 heavy (non-hydrogen) atoms. The van der Waals surface area contributed by atoms with Crippen molar-refractivity contribution in [1.82, 2.24) is 9.80 Å². The van der Waals surface area contributed by atoms with Crippen LogP contribution in [0, 0.1) is 11.7 Å². The second kappa shape index (κ2) is 6.68. The van der Waals surface area contributed by atoms with Gasteiger partial charge in [-0.15, -0.1) is 0 Å². The van der Waals surface area contributed by atoms with Gasteiger partial charge in [0.15, 0.2) is 0 Å². The molecule has 2 aliphatic rings. The Morgan fingerprint density at radius 3 is 2.38 bits per heavy atom. The molecule has 2 fully saturated rings. The number of likely N-dealkylation sites (tertiary alicyclic amines) is 2. The molecule has 1 aromatic carbocycles. The van der Waals surface area contributed by atoms with Gasteiger partial charge in [-0.3, -0.25) is 24.2 Å². The van der Waals surface area contributed by atoms with Crippen molar-refractivity contribution in [3.8, 4) is 0 Å². The standard InChI is InChI=1S/C17H20FN3O3/c18-13-3-1-11(2-4-13)10-21-15(22)9-14(17(21)24)20-7-5-12(6-8-20)16(19)23/h1-4,12,14H,5-10H2,(H2,19,23)/t14-/m0/s1. The summed E-state index contributed by atoms with van der Waals surface area (Å²) in [5.74, 6) is -1.24. The van der Waals surface area contributed by atoms with Gasteiger partial charge in [0.25, 0.3) is 0 Å². The number of imide groups is 1. The minimum atomic E-state index is -0.466. The van der Waals surface area contributed by atoms with Gasteiger partial charge in [-0.25, -0.2) is 4.39 Å². The summed E-state index contributed by atoms with van der Waals surface area (Å²) in [4.78, 5) is 39.2. The van der Waals surface area contributed by atoms with Gasteiger partial charge in [-0.2, -0.15) is 0 Å². The molecular formula is C17H20FN3O3. The maximum absolute atomic E-state index is 13.0. The number of nitrogens with zero attached hydrogens (tertiary/aromatic N) is 2. The van der Waals surface area contributed by atoms with E-state index in [4.69, 9.17) is 5.73 Å². The van der Waals surface area contributed by atoms with E-state index >= 15 is 0 Å². The van der Waals surface area contributed by atoms with Crippen LogP contribution in [0.5, 0.6) is 0 Å². The van der Waals surface area contributed by atoms with Crippen LogP contribution in [-0.4, -0.2) is 46.7 Å². The predicted octanol–water partition coefficient (Wildman–Crippen LogP) is 0.650. The molecule has 0 aliphatic carbocycles. The first-order valence-electron chi connectivity index (χ1n) is 8.07. The summed E-state index contributed by atoms with van der Waals surface area (Å²) >= 11 is 0. The topological polar surface area (TPSA) is 83.7 Å². The van der Waals surface area contributed by atoms with Crippen molar-refractivity contribution in [2.75, 3.05) is 13.1 Å². The summed E-state index contributed by atoms with van der Waals surface area (Å²) in [7, 11) is 0. The number of hydrogen-bond donors (Lipinski definition) is 1. The molecule has 3 amide bonds. The summed E-state index contributed by atoms with van der Waals surface area (Å²) in [5, 5.41) is 0. The fraction of sp³-hybridized carbons (Fsp3) is 0.471. The van der Waals surface area contributed by atoms with Crippen molar-refractivity contribution in [2.24, 2.45) is 11.7 Å². The van der Waals surface area contributed by atoms with E-state index in [0.29, 0.717) is 31.5 Å². The van der Waals surface area contributed by atoms with Crippen molar-refractivity contribution in [2.45, 2.75) is 31.8 Å². The molecular weight excluding hydrogens is 313 g/mol. The molecule has 2 aliphatic heterocycles. The Labute approximate surface area is 139 Å². The second-order valence-corrected chi connectivity index (χ2v) is 6.38. The lowest BCUT2D eigenvalue weighted by Gasteiger charge is -2.33. The zero-order valence-corrected chi connectivity index (χ0v) is 13.3. The van der Waals surface area contributed by atoms with Crippen molar-refractivity contribution in [3.05, 3.63) is 35.6 Å². The zero-order valence-electron chi connectivity index (χ0n) is 13.3. The van der Waals surface area contributed by atoms with Gasteiger partial charge < -0.3 is 5.73 Å². The third-order valence-electron chi connectivity index (χ3n) is 4.85. The van der Waals surface area contributed by atoms with E-state index in [9.17, 15) is 18.8 Å². The molecule has 3 rings (SSSR count). The van der Waals surface area contributed by atoms with Gasteiger partial charge >= 0.3 is 0 Å². The minimum Gasteiger partial charge on any atom is -0.369 e. The Balaban J connectivity index is 1.64. The van der Waals surface area contributed by atoms with Crippen molar-refractivity contribution in [1.29, 1.82) is 0 Å². The first-order valence-corrected chi connectivity index (χ1v) is 8.07. The normalized spacial score (nSPS) is 23.0.